The highest BCUT2D eigenvalue weighted by Gasteiger charge is 2.31. The Morgan fingerprint density at radius 2 is 2.00 bits per heavy atom. The molecule has 0 radical (unpaired) electrons. The SMILES string of the molecule is c1ccc2c(c1)CNC(C1CC1)CN2. The molecular weight excluding hydrogens is 172 g/mol. The maximum atomic E-state index is 3.64. The predicted molar refractivity (Wildman–Crippen MR) is 58.3 cm³/mol. The van der Waals surface area contributed by atoms with Crippen LogP contribution in [0, 0.1) is 5.92 Å². The van der Waals surface area contributed by atoms with Crippen LogP contribution in [0.25, 0.3) is 0 Å². The lowest BCUT2D eigenvalue weighted by atomic mass is 10.2. The topological polar surface area (TPSA) is 24.1 Å². The van der Waals surface area contributed by atoms with Crippen molar-refractivity contribution < 1.29 is 0 Å². The second kappa shape index (κ2) is 3.28. The Morgan fingerprint density at radius 1 is 1.14 bits per heavy atom. The molecule has 1 saturated carbocycles. The molecule has 1 aliphatic carbocycles. The van der Waals surface area contributed by atoms with Crippen LogP contribution < -0.4 is 10.6 Å². The number of para-hydroxylation sites is 1. The summed E-state index contributed by atoms with van der Waals surface area (Å²) in [6.45, 7) is 2.10. The van der Waals surface area contributed by atoms with Gasteiger partial charge in [0.2, 0.25) is 0 Å². The van der Waals surface area contributed by atoms with Crippen LogP contribution in [0.1, 0.15) is 18.4 Å². The van der Waals surface area contributed by atoms with Crippen molar-refractivity contribution in [3.63, 3.8) is 0 Å². The number of rotatable bonds is 1. The largest absolute Gasteiger partial charge is 0.383 e. The molecule has 3 rings (SSSR count). The molecule has 14 heavy (non-hydrogen) atoms. The third-order valence-corrected chi connectivity index (χ3v) is 3.28. The van der Waals surface area contributed by atoms with Crippen LogP contribution in [-0.2, 0) is 6.54 Å². The number of benzene rings is 1. The lowest BCUT2D eigenvalue weighted by molar-refractivity contribution is 0.488. The quantitative estimate of drug-likeness (QED) is 0.704. The van der Waals surface area contributed by atoms with Gasteiger partial charge in [0.25, 0.3) is 0 Å². The molecular formula is C12H16N2. The van der Waals surface area contributed by atoms with Gasteiger partial charge in [0.1, 0.15) is 0 Å². The van der Waals surface area contributed by atoms with E-state index in [4.69, 9.17) is 0 Å². The van der Waals surface area contributed by atoms with Crippen LogP contribution in [-0.4, -0.2) is 12.6 Å². The summed E-state index contributed by atoms with van der Waals surface area (Å²) in [7, 11) is 0. The molecule has 2 N–H and O–H groups in total. The zero-order valence-electron chi connectivity index (χ0n) is 8.29. The molecule has 74 valence electrons. The molecule has 2 nitrogen and oxygen atoms in total. The fourth-order valence-electron chi connectivity index (χ4n) is 2.21. The molecule has 1 heterocycles. The minimum absolute atomic E-state index is 0.683. The molecule has 1 aliphatic heterocycles. The lowest BCUT2D eigenvalue weighted by Gasteiger charge is -2.14. The van der Waals surface area contributed by atoms with E-state index in [-0.39, 0.29) is 0 Å². The minimum Gasteiger partial charge on any atom is -0.383 e. The molecule has 2 heteroatoms. The van der Waals surface area contributed by atoms with Gasteiger partial charge in [0, 0.05) is 24.8 Å². The van der Waals surface area contributed by atoms with Crippen LogP contribution >= 0.6 is 0 Å². The first-order chi connectivity index (χ1) is 6.93. The van der Waals surface area contributed by atoms with Gasteiger partial charge in [0.05, 0.1) is 0 Å². The van der Waals surface area contributed by atoms with Gasteiger partial charge in [-0.05, 0) is 30.4 Å². The Labute approximate surface area is 84.7 Å². The van der Waals surface area contributed by atoms with Crippen LogP contribution in [0.4, 0.5) is 5.69 Å². The highest BCUT2D eigenvalue weighted by atomic mass is 15.0. The smallest absolute Gasteiger partial charge is 0.0386 e. The van der Waals surface area contributed by atoms with E-state index in [1.165, 1.54) is 24.1 Å². The van der Waals surface area contributed by atoms with Gasteiger partial charge >= 0.3 is 0 Å². The molecule has 0 spiro atoms. The zero-order chi connectivity index (χ0) is 9.38. The van der Waals surface area contributed by atoms with Crippen LogP contribution in [0.3, 0.4) is 0 Å². The number of nitrogens with one attached hydrogen (secondary N) is 2. The minimum atomic E-state index is 0.683. The van der Waals surface area contributed by atoms with Gasteiger partial charge in [-0.2, -0.15) is 0 Å². The van der Waals surface area contributed by atoms with E-state index < -0.39 is 0 Å². The van der Waals surface area contributed by atoms with Gasteiger partial charge in [-0.1, -0.05) is 18.2 Å². The molecule has 1 fully saturated rings. The van der Waals surface area contributed by atoms with E-state index in [2.05, 4.69) is 34.9 Å². The fraction of sp³-hybridized carbons (Fsp3) is 0.500. The Hall–Kier alpha value is -1.02. The second-order valence-corrected chi connectivity index (χ2v) is 4.36. The van der Waals surface area contributed by atoms with E-state index in [9.17, 15) is 0 Å². The monoisotopic (exact) mass is 188 g/mol. The Balaban J connectivity index is 1.79. The predicted octanol–water partition coefficient (Wildman–Crippen LogP) is 1.98. The second-order valence-electron chi connectivity index (χ2n) is 4.36. The number of anilines is 1. The summed E-state index contributed by atoms with van der Waals surface area (Å²) in [6.07, 6.45) is 2.82. The van der Waals surface area contributed by atoms with Crippen molar-refractivity contribution in [3.8, 4) is 0 Å². The number of fused-ring (bicyclic) bond motifs is 1. The standard InChI is InChI=1S/C12H16N2/c1-2-4-11-10(3-1)7-13-12(8-14-11)9-5-6-9/h1-4,9,12-14H,5-8H2. The highest BCUT2D eigenvalue weighted by Crippen LogP contribution is 2.34. The lowest BCUT2D eigenvalue weighted by Crippen LogP contribution is -2.34. The molecule has 0 bridgehead atoms. The first kappa shape index (κ1) is 8.30. The average molecular weight is 188 g/mol. The van der Waals surface area contributed by atoms with Crippen molar-refractivity contribution in [1.29, 1.82) is 0 Å². The average Bonchev–Trinajstić information content (AvgIpc) is 3.03. The van der Waals surface area contributed by atoms with E-state index in [1.54, 1.807) is 0 Å². The van der Waals surface area contributed by atoms with Gasteiger partial charge in [0.15, 0.2) is 0 Å². The van der Waals surface area contributed by atoms with Crippen LogP contribution in [0.2, 0.25) is 0 Å². The normalized spacial score (nSPS) is 26.1. The summed E-state index contributed by atoms with van der Waals surface area (Å²) < 4.78 is 0. The molecule has 1 unspecified atom stereocenters. The molecule has 0 aromatic heterocycles. The Morgan fingerprint density at radius 3 is 2.86 bits per heavy atom. The van der Waals surface area contributed by atoms with Crippen LogP contribution in [0.5, 0.6) is 0 Å². The zero-order valence-corrected chi connectivity index (χ0v) is 8.29. The highest BCUT2D eigenvalue weighted by molar-refractivity contribution is 5.51. The summed E-state index contributed by atoms with van der Waals surface area (Å²) in [4.78, 5) is 0. The van der Waals surface area contributed by atoms with E-state index in [0.717, 1.165) is 19.0 Å². The van der Waals surface area contributed by atoms with Crippen molar-refractivity contribution in [1.82, 2.24) is 5.32 Å². The van der Waals surface area contributed by atoms with Gasteiger partial charge < -0.3 is 10.6 Å². The Kier molecular flexibility index (Phi) is 1.95. The first-order valence-corrected chi connectivity index (χ1v) is 5.48. The first-order valence-electron chi connectivity index (χ1n) is 5.48. The van der Waals surface area contributed by atoms with Gasteiger partial charge in [-0.3, -0.25) is 0 Å². The molecule has 1 aromatic rings. The molecule has 0 amide bonds. The van der Waals surface area contributed by atoms with E-state index in [0.29, 0.717) is 6.04 Å². The van der Waals surface area contributed by atoms with Gasteiger partial charge in [-0.15, -0.1) is 0 Å². The maximum Gasteiger partial charge on any atom is 0.0386 e. The van der Waals surface area contributed by atoms with Crippen molar-refractivity contribution in [2.24, 2.45) is 5.92 Å². The van der Waals surface area contributed by atoms with Crippen molar-refractivity contribution >= 4 is 5.69 Å². The molecule has 1 atom stereocenters. The molecule has 0 saturated heterocycles. The number of hydrogen-bond donors (Lipinski definition) is 2. The van der Waals surface area contributed by atoms with Crippen molar-refractivity contribution in [2.45, 2.75) is 25.4 Å². The summed E-state index contributed by atoms with van der Waals surface area (Å²) in [5.41, 5.74) is 2.71. The summed E-state index contributed by atoms with van der Waals surface area (Å²) in [6, 6.07) is 9.27. The number of hydrogen-bond acceptors (Lipinski definition) is 2. The van der Waals surface area contributed by atoms with Crippen LogP contribution in [0.15, 0.2) is 24.3 Å². The molecule has 2 aliphatic rings. The third kappa shape index (κ3) is 1.50. The summed E-state index contributed by atoms with van der Waals surface area (Å²) in [5, 5.41) is 7.17. The van der Waals surface area contributed by atoms with E-state index in [1.807, 2.05) is 0 Å². The van der Waals surface area contributed by atoms with Gasteiger partial charge in [-0.25, -0.2) is 0 Å². The van der Waals surface area contributed by atoms with Crippen molar-refractivity contribution in [3.05, 3.63) is 29.8 Å². The Bertz CT molecular complexity index is 304. The third-order valence-electron chi connectivity index (χ3n) is 3.28. The fourth-order valence-corrected chi connectivity index (χ4v) is 2.21. The summed E-state index contributed by atoms with van der Waals surface area (Å²) >= 11 is 0. The summed E-state index contributed by atoms with van der Waals surface area (Å²) in [5.74, 6) is 0.928. The molecule has 1 aromatic carbocycles. The van der Waals surface area contributed by atoms with E-state index >= 15 is 0 Å². The van der Waals surface area contributed by atoms with Crippen molar-refractivity contribution in [2.75, 3.05) is 11.9 Å². The maximum absolute atomic E-state index is 3.64.